The number of hydrogen-bond donors (Lipinski definition) is 3. The molecule has 7 nitrogen and oxygen atoms in total. The second kappa shape index (κ2) is 5.63. The molecule has 0 aliphatic carbocycles. The van der Waals surface area contributed by atoms with Crippen molar-refractivity contribution in [3.05, 3.63) is 6.33 Å². The first kappa shape index (κ1) is 12.6. The fraction of sp³-hybridized carbons (Fsp3) is 0.545. The van der Waals surface area contributed by atoms with Crippen molar-refractivity contribution in [2.24, 2.45) is 0 Å². The molecule has 3 N–H and O–H groups in total. The molecule has 0 amide bonds. The number of fused-ring (bicyclic) bond motifs is 1. The van der Waals surface area contributed by atoms with Gasteiger partial charge < -0.3 is 20.4 Å². The van der Waals surface area contributed by atoms with Gasteiger partial charge in [0.05, 0.1) is 12.4 Å². The van der Waals surface area contributed by atoms with Crippen molar-refractivity contribution in [2.75, 3.05) is 30.8 Å². The summed E-state index contributed by atoms with van der Waals surface area (Å²) in [7, 11) is 1.78. The van der Waals surface area contributed by atoms with Crippen molar-refractivity contribution in [1.82, 2.24) is 19.9 Å². The van der Waals surface area contributed by atoms with Crippen LogP contribution in [0.5, 0.6) is 0 Å². The first-order chi connectivity index (χ1) is 8.74. The lowest BCUT2D eigenvalue weighted by atomic mass is 10.4. The summed E-state index contributed by atoms with van der Waals surface area (Å²) in [5, 5.41) is 6.16. The molecule has 2 rings (SSSR count). The number of imidazole rings is 1. The summed E-state index contributed by atoms with van der Waals surface area (Å²) >= 11 is 0. The number of aromatic amines is 1. The number of rotatable bonds is 6. The predicted molar refractivity (Wildman–Crippen MR) is 70.8 cm³/mol. The fourth-order valence-electron chi connectivity index (χ4n) is 1.66. The van der Waals surface area contributed by atoms with Crippen LogP contribution in [0.15, 0.2) is 6.33 Å². The van der Waals surface area contributed by atoms with E-state index < -0.39 is 0 Å². The van der Waals surface area contributed by atoms with Crippen molar-refractivity contribution < 1.29 is 4.74 Å². The van der Waals surface area contributed by atoms with Gasteiger partial charge in [0.25, 0.3) is 0 Å². The Morgan fingerprint density at radius 2 is 2.28 bits per heavy atom. The van der Waals surface area contributed by atoms with Crippen LogP contribution in [0.2, 0.25) is 0 Å². The molecule has 1 atom stereocenters. The molecule has 2 aromatic heterocycles. The third kappa shape index (κ3) is 2.67. The Morgan fingerprint density at radius 3 is 3.00 bits per heavy atom. The van der Waals surface area contributed by atoms with Crippen molar-refractivity contribution in [1.29, 1.82) is 0 Å². The molecule has 2 aromatic rings. The Balaban J connectivity index is 2.18. The van der Waals surface area contributed by atoms with E-state index in [0.29, 0.717) is 24.7 Å². The molecule has 0 aliphatic heterocycles. The molecule has 0 radical (unpaired) electrons. The Kier molecular flexibility index (Phi) is 3.93. The molecule has 0 saturated carbocycles. The van der Waals surface area contributed by atoms with Crippen molar-refractivity contribution in [2.45, 2.75) is 20.0 Å². The summed E-state index contributed by atoms with van der Waals surface area (Å²) in [5.74, 6) is 1.27. The minimum absolute atomic E-state index is 0.126. The summed E-state index contributed by atoms with van der Waals surface area (Å²) in [6.07, 6.45) is 1.73. The summed E-state index contributed by atoms with van der Waals surface area (Å²) in [4.78, 5) is 15.8. The average Bonchev–Trinajstić information content (AvgIpc) is 2.84. The lowest BCUT2D eigenvalue weighted by Crippen LogP contribution is -2.20. The molecule has 0 bridgehead atoms. The monoisotopic (exact) mass is 250 g/mol. The zero-order valence-corrected chi connectivity index (χ0v) is 10.8. The van der Waals surface area contributed by atoms with Gasteiger partial charge in [0.2, 0.25) is 5.95 Å². The molecule has 0 saturated heterocycles. The minimum atomic E-state index is 0.126. The van der Waals surface area contributed by atoms with Gasteiger partial charge in [-0.1, -0.05) is 0 Å². The van der Waals surface area contributed by atoms with Gasteiger partial charge in [0.15, 0.2) is 11.5 Å². The van der Waals surface area contributed by atoms with E-state index in [1.165, 1.54) is 0 Å². The quantitative estimate of drug-likeness (QED) is 0.714. The molecular formula is C11H18N6O. The zero-order chi connectivity index (χ0) is 13.0. The van der Waals surface area contributed by atoms with Gasteiger partial charge in [-0.2, -0.15) is 9.97 Å². The summed E-state index contributed by atoms with van der Waals surface area (Å²) < 4.78 is 5.47. The highest BCUT2D eigenvalue weighted by Crippen LogP contribution is 2.18. The van der Waals surface area contributed by atoms with Crippen LogP contribution in [0.3, 0.4) is 0 Å². The lowest BCUT2D eigenvalue weighted by molar-refractivity contribution is 0.0855. The van der Waals surface area contributed by atoms with E-state index in [9.17, 15) is 0 Å². The SMILES string of the molecule is CCOC(C)CNc1nc(NC)nc2nc[nH]c12. The van der Waals surface area contributed by atoms with E-state index in [0.717, 1.165) is 11.3 Å². The maximum absolute atomic E-state index is 5.47. The maximum atomic E-state index is 5.47. The van der Waals surface area contributed by atoms with E-state index in [1.54, 1.807) is 13.4 Å². The molecule has 7 heteroatoms. The van der Waals surface area contributed by atoms with Gasteiger partial charge in [0.1, 0.15) is 5.52 Å². The second-order valence-electron chi connectivity index (χ2n) is 3.89. The first-order valence-electron chi connectivity index (χ1n) is 5.99. The molecule has 18 heavy (non-hydrogen) atoms. The molecule has 0 spiro atoms. The third-order valence-electron chi connectivity index (χ3n) is 2.52. The van der Waals surface area contributed by atoms with E-state index >= 15 is 0 Å². The predicted octanol–water partition coefficient (Wildman–Crippen LogP) is 1.23. The van der Waals surface area contributed by atoms with Crippen LogP contribution in [-0.4, -0.2) is 46.2 Å². The van der Waals surface area contributed by atoms with E-state index in [1.807, 2.05) is 13.8 Å². The molecule has 98 valence electrons. The largest absolute Gasteiger partial charge is 0.377 e. The highest BCUT2D eigenvalue weighted by molar-refractivity contribution is 5.83. The topological polar surface area (TPSA) is 87.8 Å². The molecule has 0 fully saturated rings. The Hall–Kier alpha value is -1.89. The van der Waals surface area contributed by atoms with Crippen molar-refractivity contribution in [3.8, 4) is 0 Å². The number of aromatic nitrogens is 4. The van der Waals surface area contributed by atoms with Crippen LogP contribution in [-0.2, 0) is 4.74 Å². The number of anilines is 2. The zero-order valence-electron chi connectivity index (χ0n) is 10.8. The third-order valence-corrected chi connectivity index (χ3v) is 2.52. The standard InChI is InChI=1S/C11H18N6O/c1-4-18-7(2)5-13-9-8-10(15-6-14-8)17-11(12-3)16-9/h6-7H,4-5H2,1-3H3,(H3,12,13,14,15,16,17). The number of nitrogens with zero attached hydrogens (tertiary/aromatic N) is 3. The van der Waals surface area contributed by atoms with E-state index in [2.05, 4.69) is 30.6 Å². The summed E-state index contributed by atoms with van der Waals surface area (Å²) in [5.41, 5.74) is 1.44. The second-order valence-corrected chi connectivity index (χ2v) is 3.89. The van der Waals surface area contributed by atoms with Crippen LogP contribution >= 0.6 is 0 Å². The molecular weight excluding hydrogens is 232 g/mol. The van der Waals surface area contributed by atoms with Crippen LogP contribution in [0.25, 0.3) is 11.2 Å². The fourth-order valence-corrected chi connectivity index (χ4v) is 1.66. The number of ether oxygens (including phenoxy) is 1. The summed E-state index contributed by atoms with van der Waals surface area (Å²) in [6, 6.07) is 0. The van der Waals surface area contributed by atoms with Crippen LogP contribution in [0.4, 0.5) is 11.8 Å². The summed E-state index contributed by atoms with van der Waals surface area (Å²) in [6.45, 7) is 5.38. The van der Waals surface area contributed by atoms with Crippen molar-refractivity contribution >= 4 is 22.9 Å². The Bertz CT molecular complexity index is 511. The minimum Gasteiger partial charge on any atom is -0.377 e. The highest BCUT2D eigenvalue weighted by atomic mass is 16.5. The Labute approximate surface area is 105 Å². The number of hydrogen-bond acceptors (Lipinski definition) is 6. The normalized spacial score (nSPS) is 12.6. The number of nitrogens with one attached hydrogen (secondary N) is 3. The van der Waals surface area contributed by atoms with Gasteiger partial charge in [-0.05, 0) is 13.8 Å². The van der Waals surface area contributed by atoms with Gasteiger partial charge in [-0.25, -0.2) is 4.98 Å². The van der Waals surface area contributed by atoms with Gasteiger partial charge in [-0.3, -0.25) is 0 Å². The average molecular weight is 250 g/mol. The van der Waals surface area contributed by atoms with Gasteiger partial charge >= 0.3 is 0 Å². The van der Waals surface area contributed by atoms with E-state index in [-0.39, 0.29) is 6.10 Å². The van der Waals surface area contributed by atoms with E-state index in [4.69, 9.17) is 4.74 Å². The van der Waals surface area contributed by atoms with Crippen LogP contribution < -0.4 is 10.6 Å². The maximum Gasteiger partial charge on any atom is 0.226 e. The molecule has 0 aromatic carbocycles. The lowest BCUT2D eigenvalue weighted by Gasteiger charge is -2.13. The van der Waals surface area contributed by atoms with Crippen LogP contribution in [0.1, 0.15) is 13.8 Å². The Morgan fingerprint density at radius 1 is 1.44 bits per heavy atom. The smallest absolute Gasteiger partial charge is 0.226 e. The first-order valence-corrected chi connectivity index (χ1v) is 5.99. The van der Waals surface area contributed by atoms with Crippen molar-refractivity contribution in [3.63, 3.8) is 0 Å². The molecule has 2 heterocycles. The van der Waals surface area contributed by atoms with Gasteiger partial charge in [0, 0.05) is 20.2 Å². The molecule has 1 unspecified atom stereocenters. The molecule has 0 aliphatic rings. The van der Waals surface area contributed by atoms with Crippen LogP contribution in [0, 0.1) is 0 Å². The highest BCUT2D eigenvalue weighted by Gasteiger charge is 2.10. The van der Waals surface area contributed by atoms with Gasteiger partial charge in [-0.15, -0.1) is 0 Å². The number of H-pyrrole nitrogens is 1.